The van der Waals surface area contributed by atoms with E-state index in [1.165, 1.54) is 6.07 Å². The minimum atomic E-state index is -1.22. The second kappa shape index (κ2) is 7.55. The summed E-state index contributed by atoms with van der Waals surface area (Å²) in [5, 5.41) is 19.4. The molecule has 1 unspecified atom stereocenters. The molecule has 0 bridgehead atoms. The highest BCUT2D eigenvalue weighted by Gasteiger charge is 2.24. The molecule has 1 fully saturated rings. The van der Waals surface area contributed by atoms with Crippen LogP contribution in [0.1, 0.15) is 17.2 Å². The molecule has 1 aromatic heterocycles. The number of hydrogen-bond acceptors (Lipinski definition) is 5. The highest BCUT2D eigenvalue weighted by Crippen LogP contribution is 2.23. The van der Waals surface area contributed by atoms with Gasteiger partial charge in [-0.2, -0.15) is 5.26 Å². The first-order valence-electron chi connectivity index (χ1n) is 8.04. The molecule has 130 valence electrons. The Kier molecular flexibility index (Phi) is 5.22. The van der Waals surface area contributed by atoms with Crippen molar-refractivity contribution in [3.05, 3.63) is 59.3 Å². The summed E-state index contributed by atoms with van der Waals surface area (Å²) in [6.45, 7) is 2.61. The summed E-state index contributed by atoms with van der Waals surface area (Å²) in [5.74, 6) is -0.832. The van der Waals surface area contributed by atoms with Gasteiger partial charge in [-0.1, -0.05) is 6.07 Å². The summed E-state index contributed by atoms with van der Waals surface area (Å²) in [5.41, 5.74) is 0.228. The van der Waals surface area contributed by atoms with Gasteiger partial charge in [-0.25, -0.2) is 13.8 Å². The third-order valence-corrected chi connectivity index (χ3v) is 4.34. The summed E-state index contributed by atoms with van der Waals surface area (Å²) >= 11 is 0. The fraction of sp³-hybridized carbons (Fsp3) is 0.333. The Hall–Kier alpha value is -2.56. The van der Waals surface area contributed by atoms with Crippen molar-refractivity contribution in [1.29, 1.82) is 5.26 Å². The van der Waals surface area contributed by atoms with Crippen LogP contribution in [0.25, 0.3) is 0 Å². The zero-order valence-corrected chi connectivity index (χ0v) is 13.6. The van der Waals surface area contributed by atoms with Crippen molar-refractivity contribution in [2.45, 2.75) is 6.10 Å². The van der Waals surface area contributed by atoms with Gasteiger partial charge in [0.25, 0.3) is 0 Å². The number of nitrogens with zero attached hydrogens (tertiary/aromatic N) is 4. The molecule has 0 aliphatic carbocycles. The van der Waals surface area contributed by atoms with Gasteiger partial charge in [-0.3, -0.25) is 4.90 Å². The Morgan fingerprint density at radius 3 is 2.44 bits per heavy atom. The maximum absolute atomic E-state index is 13.8. The van der Waals surface area contributed by atoms with E-state index >= 15 is 0 Å². The number of piperazine rings is 1. The summed E-state index contributed by atoms with van der Waals surface area (Å²) in [4.78, 5) is 8.22. The molecule has 1 aliphatic rings. The van der Waals surface area contributed by atoms with Crippen molar-refractivity contribution in [2.75, 3.05) is 37.6 Å². The zero-order valence-electron chi connectivity index (χ0n) is 13.6. The van der Waals surface area contributed by atoms with Crippen molar-refractivity contribution in [1.82, 2.24) is 9.88 Å². The number of benzene rings is 1. The molecule has 1 aliphatic heterocycles. The van der Waals surface area contributed by atoms with Crippen LogP contribution in [0.2, 0.25) is 0 Å². The molecule has 1 saturated heterocycles. The molecule has 1 aromatic carbocycles. The van der Waals surface area contributed by atoms with Gasteiger partial charge in [-0.15, -0.1) is 0 Å². The number of pyridine rings is 1. The standard InChI is InChI=1S/C18H18F2N4O/c19-14-4-1-5-15(20)17(14)16(25)12-23-7-9-24(10-8-23)18-13(11-21)3-2-6-22-18/h1-6,16,25H,7-10,12H2. The first-order valence-corrected chi connectivity index (χ1v) is 8.04. The molecule has 0 amide bonds. The van der Waals surface area contributed by atoms with Crippen LogP contribution >= 0.6 is 0 Å². The van der Waals surface area contributed by atoms with Crippen molar-refractivity contribution < 1.29 is 13.9 Å². The lowest BCUT2D eigenvalue weighted by atomic mass is 10.1. The summed E-state index contributed by atoms with van der Waals surface area (Å²) in [6, 6.07) is 9.13. The summed E-state index contributed by atoms with van der Waals surface area (Å²) in [7, 11) is 0. The molecule has 0 saturated carbocycles. The van der Waals surface area contributed by atoms with Crippen LogP contribution in [0.3, 0.4) is 0 Å². The monoisotopic (exact) mass is 344 g/mol. The van der Waals surface area contributed by atoms with E-state index in [0.717, 1.165) is 12.1 Å². The van der Waals surface area contributed by atoms with Crippen LogP contribution in [0.5, 0.6) is 0 Å². The molecular formula is C18H18F2N4O. The molecule has 25 heavy (non-hydrogen) atoms. The predicted octanol–water partition coefficient (Wildman–Crippen LogP) is 2.09. The number of aliphatic hydroxyl groups excluding tert-OH is 1. The Labute approximate surface area is 144 Å². The maximum atomic E-state index is 13.8. The smallest absolute Gasteiger partial charge is 0.146 e. The largest absolute Gasteiger partial charge is 0.387 e. The van der Waals surface area contributed by atoms with Gasteiger partial charge >= 0.3 is 0 Å². The third-order valence-electron chi connectivity index (χ3n) is 4.34. The lowest BCUT2D eigenvalue weighted by Crippen LogP contribution is -2.48. The Bertz CT molecular complexity index is 765. The van der Waals surface area contributed by atoms with E-state index < -0.39 is 17.7 Å². The van der Waals surface area contributed by atoms with Gasteiger partial charge < -0.3 is 10.0 Å². The van der Waals surface area contributed by atoms with Crippen LogP contribution in [-0.4, -0.2) is 47.7 Å². The molecular weight excluding hydrogens is 326 g/mol. The number of rotatable bonds is 4. The van der Waals surface area contributed by atoms with Crippen LogP contribution in [0, 0.1) is 23.0 Å². The van der Waals surface area contributed by atoms with E-state index in [4.69, 9.17) is 5.26 Å². The fourth-order valence-electron chi connectivity index (χ4n) is 3.04. The minimum absolute atomic E-state index is 0.152. The molecule has 0 radical (unpaired) electrons. The van der Waals surface area contributed by atoms with E-state index in [9.17, 15) is 13.9 Å². The molecule has 1 atom stereocenters. The number of anilines is 1. The van der Waals surface area contributed by atoms with E-state index in [2.05, 4.69) is 11.1 Å². The minimum Gasteiger partial charge on any atom is -0.387 e. The van der Waals surface area contributed by atoms with E-state index in [-0.39, 0.29) is 12.1 Å². The highest BCUT2D eigenvalue weighted by atomic mass is 19.1. The number of nitriles is 1. The Balaban J connectivity index is 1.62. The normalized spacial score (nSPS) is 16.5. The van der Waals surface area contributed by atoms with Crippen molar-refractivity contribution in [3.63, 3.8) is 0 Å². The molecule has 5 nitrogen and oxygen atoms in total. The molecule has 1 N–H and O–H groups in total. The number of aromatic nitrogens is 1. The number of β-amino-alcohol motifs (C(OH)–C–C–N with tert-alkyl or cyclic N) is 1. The van der Waals surface area contributed by atoms with E-state index in [1.54, 1.807) is 18.3 Å². The Morgan fingerprint density at radius 2 is 1.80 bits per heavy atom. The third kappa shape index (κ3) is 3.76. The molecule has 3 rings (SSSR count). The zero-order chi connectivity index (χ0) is 17.8. The summed E-state index contributed by atoms with van der Waals surface area (Å²) < 4.78 is 27.5. The van der Waals surface area contributed by atoms with Crippen molar-refractivity contribution in [2.24, 2.45) is 0 Å². The average Bonchev–Trinajstić information content (AvgIpc) is 2.62. The van der Waals surface area contributed by atoms with Gasteiger partial charge in [0.05, 0.1) is 17.2 Å². The lowest BCUT2D eigenvalue weighted by Gasteiger charge is -2.36. The van der Waals surface area contributed by atoms with Gasteiger partial charge in [-0.05, 0) is 24.3 Å². The molecule has 2 aromatic rings. The van der Waals surface area contributed by atoms with E-state index in [0.29, 0.717) is 37.6 Å². The van der Waals surface area contributed by atoms with Gasteiger partial charge in [0.15, 0.2) is 0 Å². The SMILES string of the molecule is N#Cc1cccnc1N1CCN(CC(O)c2c(F)cccc2F)CC1. The van der Waals surface area contributed by atoms with Gasteiger partial charge in [0.1, 0.15) is 23.5 Å². The summed E-state index contributed by atoms with van der Waals surface area (Å²) in [6.07, 6.45) is 0.421. The fourth-order valence-corrected chi connectivity index (χ4v) is 3.04. The first-order chi connectivity index (χ1) is 12.1. The number of aliphatic hydroxyl groups is 1. The second-order valence-electron chi connectivity index (χ2n) is 5.93. The van der Waals surface area contributed by atoms with Crippen LogP contribution in [-0.2, 0) is 0 Å². The Morgan fingerprint density at radius 1 is 1.12 bits per heavy atom. The maximum Gasteiger partial charge on any atom is 0.146 e. The van der Waals surface area contributed by atoms with Crippen LogP contribution < -0.4 is 4.90 Å². The van der Waals surface area contributed by atoms with Crippen molar-refractivity contribution in [3.8, 4) is 6.07 Å². The number of halogens is 2. The van der Waals surface area contributed by atoms with Gasteiger partial charge in [0.2, 0.25) is 0 Å². The van der Waals surface area contributed by atoms with Gasteiger partial charge in [0, 0.05) is 38.9 Å². The second-order valence-corrected chi connectivity index (χ2v) is 5.93. The average molecular weight is 344 g/mol. The quantitative estimate of drug-likeness (QED) is 0.920. The van der Waals surface area contributed by atoms with Crippen molar-refractivity contribution >= 4 is 5.82 Å². The van der Waals surface area contributed by atoms with E-state index in [1.807, 2.05) is 9.80 Å². The van der Waals surface area contributed by atoms with Crippen LogP contribution in [0.4, 0.5) is 14.6 Å². The molecule has 0 spiro atoms. The molecule has 2 heterocycles. The number of hydrogen-bond donors (Lipinski definition) is 1. The molecule has 7 heteroatoms. The lowest BCUT2D eigenvalue weighted by molar-refractivity contribution is 0.103. The van der Waals surface area contributed by atoms with Crippen LogP contribution in [0.15, 0.2) is 36.5 Å². The topological polar surface area (TPSA) is 63.4 Å². The highest BCUT2D eigenvalue weighted by molar-refractivity contribution is 5.53. The predicted molar refractivity (Wildman–Crippen MR) is 88.9 cm³/mol. The first kappa shape index (κ1) is 17.3.